The highest BCUT2D eigenvalue weighted by Crippen LogP contribution is 2.27. The van der Waals surface area contributed by atoms with Crippen LogP contribution in [0.3, 0.4) is 0 Å². The fourth-order valence-electron chi connectivity index (χ4n) is 2.60. The van der Waals surface area contributed by atoms with Gasteiger partial charge >= 0.3 is 5.97 Å². The van der Waals surface area contributed by atoms with E-state index in [2.05, 4.69) is 21.2 Å². The fraction of sp³-hybridized carbons (Fsp3) is 0.0526. The molecule has 1 amide bonds. The molecule has 0 aromatic heterocycles. The summed E-state index contributed by atoms with van der Waals surface area (Å²) in [6.45, 7) is 1.77. The van der Waals surface area contributed by atoms with Crippen LogP contribution in [0.4, 0.5) is 5.69 Å². The zero-order valence-electron chi connectivity index (χ0n) is 12.8. The molecule has 0 radical (unpaired) electrons. The van der Waals surface area contributed by atoms with Gasteiger partial charge < -0.3 is 10.4 Å². The first kappa shape index (κ1) is 16.2. The summed E-state index contributed by atoms with van der Waals surface area (Å²) in [6, 6.07) is 15.9. The van der Waals surface area contributed by atoms with E-state index in [4.69, 9.17) is 5.11 Å². The van der Waals surface area contributed by atoms with Gasteiger partial charge in [0, 0.05) is 15.7 Å². The molecule has 3 aromatic rings. The number of carbonyl (C=O) groups excluding carboxylic acids is 1. The van der Waals surface area contributed by atoms with E-state index in [1.54, 1.807) is 19.1 Å². The third kappa shape index (κ3) is 3.03. The van der Waals surface area contributed by atoms with E-state index in [0.717, 1.165) is 15.2 Å². The van der Waals surface area contributed by atoms with Crippen molar-refractivity contribution in [1.29, 1.82) is 0 Å². The number of halogens is 1. The predicted molar refractivity (Wildman–Crippen MR) is 97.7 cm³/mol. The third-order valence-electron chi connectivity index (χ3n) is 3.84. The molecule has 24 heavy (non-hydrogen) atoms. The zero-order chi connectivity index (χ0) is 17.3. The van der Waals surface area contributed by atoms with Crippen LogP contribution in [0.15, 0.2) is 59.1 Å². The topological polar surface area (TPSA) is 66.4 Å². The van der Waals surface area contributed by atoms with Gasteiger partial charge in [-0.1, -0.05) is 40.2 Å². The van der Waals surface area contributed by atoms with Crippen molar-refractivity contribution < 1.29 is 14.7 Å². The first-order chi connectivity index (χ1) is 11.5. The van der Waals surface area contributed by atoms with Crippen molar-refractivity contribution in [2.75, 3.05) is 5.32 Å². The first-order valence-corrected chi connectivity index (χ1v) is 8.09. The molecule has 0 saturated heterocycles. The quantitative estimate of drug-likeness (QED) is 0.678. The van der Waals surface area contributed by atoms with Crippen LogP contribution in [0.25, 0.3) is 10.8 Å². The number of aromatic carboxylic acids is 1. The summed E-state index contributed by atoms with van der Waals surface area (Å²) >= 11 is 3.49. The average molecular weight is 384 g/mol. The number of benzene rings is 3. The summed E-state index contributed by atoms with van der Waals surface area (Å²) in [5, 5.41) is 13.7. The Morgan fingerprint density at radius 3 is 2.42 bits per heavy atom. The number of anilines is 1. The molecule has 0 heterocycles. The summed E-state index contributed by atoms with van der Waals surface area (Å²) < 4.78 is 0.927. The lowest BCUT2D eigenvalue weighted by molar-refractivity contribution is 0.0696. The van der Waals surface area contributed by atoms with Gasteiger partial charge in [0.15, 0.2) is 0 Å². The van der Waals surface area contributed by atoms with Crippen LogP contribution in [0.5, 0.6) is 0 Å². The molecule has 0 aliphatic rings. The Morgan fingerprint density at radius 2 is 1.71 bits per heavy atom. The normalized spacial score (nSPS) is 10.6. The molecule has 0 aliphatic heterocycles. The van der Waals surface area contributed by atoms with Crippen LogP contribution in [0, 0.1) is 6.92 Å². The number of carbonyl (C=O) groups is 2. The highest BCUT2D eigenvalue weighted by molar-refractivity contribution is 9.10. The van der Waals surface area contributed by atoms with E-state index < -0.39 is 5.97 Å². The van der Waals surface area contributed by atoms with E-state index >= 15 is 0 Å². The minimum Gasteiger partial charge on any atom is -0.478 e. The van der Waals surface area contributed by atoms with Crippen LogP contribution in [0.2, 0.25) is 0 Å². The second-order valence-corrected chi connectivity index (χ2v) is 6.28. The van der Waals surface area contributed by atoms with Gasteiger partial charge in [-0.3, -0.25) is 4.79 Å². The van der Waals surface area contributed by atoms with Gasteiger partial charge in [0.25, 0.3) is 5.91 Å². The van der Waals surface area contributed by atoms with Crippen LogP contribution >= 0.6 is 15.9 Å². The molecule has 2 N–H and O–H groups in total. The van der Waals surface area contributed by atoms with Gasteiger partial charge in [0.2, 0.25) is 0 Å². The van der Waals surface area contributed by atoms with Crippen LogP contribution in [-0.4, -0.2) is 17.0 Å². The van der Waals surface area contributed by atoms with Crippen LogP contribution < -0.4 is 5.32 Å². The number of hydrogen-bond acceptors (Lipinski definition) is 2. The molecular weight excluding hydrogens is 370 g/mol. The largest absolute Gasteiger partial charge is 0.478 e. The maximum atomic E-state index is 12.7. The number of carboxylic acid groups (broad SMARTS) is 1. The molecule has 0 spiro atoms. The van der Waals surface area contributed by atoms with Gasteiger partial charge in [-0.05, 0) is 53.6 Å². The summed E-state index contributed by atoms with van der Waals surface area (Å²) in [4.78, 5) is 23.7. The summed E-state index contributed by atoms with van der Waals surface area (Å²) in [7, 11) is 0. The highest BCUT2D eigenvalue weighted by Gasteiger charge is 2.13. The van der Waals surface area contributed by atoms with E-state index in [-0.39, 0.29) is 11.5 Å². The smallest absolute Gasteiger partial charge is 0.335 e. The molecule has 0 fully saturated rings. The van der Waals surface area contributed by atoms with E-state index in [1.807, 2.05) is 30.3 Å². The Kier molecular flexibility index (Phi) is 4.36. The lowest BCUT2D eigenvalue weighted by Crippen LogP contribution is -2.13. The zero-order valence-corrected chi connectivity index (χ0v) is 14.4. The Morgan fingerprint density at radius 1 is 1.00 bits per heavy atom. The first-order valence-electron chi connectivity index (χ1n) is 7.30. The number of hydrogen-bond donors (Lipinski definition) is 2. The number of carboxylic acids is 1. The number of fused-ring (bicyclic) bond motifs is 1. The molecule has 4 nitrogen and oxygen atoms in total. The molecule has 3 rings (SSSR count). The summed E-state index contributed by atoms with van der Waals surface area (Å²) in [6.07, 6.45) is 0. The van der Waals surface area contributed by atoms with Gasteiger partial charge in [0.1, 0.15) is 0 Å². The SMILES string of the molecule is Cc1cc(C(=O)O)ccc1NC(=O)c1cccc2c(Br)cccc12. The number of rotatable bonds is 3. The van der Waals surface area contributed by atoms with Gasteiger partial charge in [-0.15, -0.1) is 0 Å². The van der Waals surface area contributed by atoms with Crippen molar-refractivity contribution in [1.82, 2.24) is 0 Å². The summed E-state index contributed by atoms with van der Waals surface area (Å²) in [5.74, 6) is -1.22. The summed E-state index contributed by atoms with van der Waals surface area (Å²) in [5.41, 5.74) is 2.05. The Balaban J connectivity index is 1.97. The van der Waals surface area contributed by atoms with Gasteiger partial charge in [-0.2, -0.15) is 0 Å². The van der Waals surface area contributed by atoms with Crippen molar-refractivity contribution in [3.8, 4) is 0 Å². The molecule has 5 heteroatoms. The molecule has 0 aliphatic carbocycles. The maximum Gasteiger partial charge on any atom is 0.335 e. The van der Waals surface area contributed by atoms with E-state index in [1.165, 1.54) is 12.1 Å². The van der Waals surface area contributed by atoms with Crippen molar-refractivity contribution >= 4 is 44.3 Å². The van der Waals surface area contributed by atoms with Crippen molar-refractivity contribution in [3.05, 3.63) is 75.8 Å². The van der Waals surface area contributed by atoms with Crippen LogP contribution in [-0.2, 0) is 0 Å². The minimum absolute atomic E-state index is 0.194. The molecule has 0 bridgehead atoms. The number of nitrogens with one attached hydrogen (secondary N) is 1. The molecule has 3 aromatic carbocycles. The second-order valence-electron chi connectivity index (χ2n) is 5.43. The third-order valence-corrected chi connectivity index (χ3v) is 4.53. The predicted octanol–water partition coefficient (Wildman–Crippen LogP) is 4.86. The Hall–Kier alpha value is -2.66. The number of amides is 1. The van der Waals surface area contributed by atoms with E-state index in [9.17, 15) is 9.59 Å². The Bertz CT molecular complexity index is 966. The second kappa shape index (κ2) is 6.45. The Labute approximate surface area is 147 Å². The molecular formula is C19H14BrNO3. The van der Waals surface area contributed by atoms with Crippen molar-refractivity contribution in [2.45, 2.75) is 6.92 Å². The minimum atomic E-state index is -0.991. The molecule has 0 unspecified atom stereocenters. The standard InChI is InChI=1S/C19H14BrNO3/c1-11-10-12(19(23)24)8-9-17(11)21-18(22)15-6-2-5-14-13(15)4-3-7-16(14)20/h2-10H,1H3,(H,21,22)(H,23,24). The molecule has 0 atom stereocenters. The van der Waals surface area contributed by atoms with Crippen LogP contribution in [0.1, 0.15) is 26.3 Å². The monoisotopic (exact) mass is 383 g/mol. The number of aryl methyl sites for hydroxylation is 1. The van der Waals surface area contributed by atoms with Gasteiger partial charge in [0.05, 0.1) is 5.56 Å². The lowest BCUT2D eigenvalue weighted by Gasteiger charge is -2.11. The average Bonchev–Trinajstić information content (AvgIpc) is 2.56. The maximum absolute atomic E-state index is 12.7. The van der Waals surface area contributed by atoms with Gasteiger partial charge in [-0.25, -0.2) is 4.79 Å². The lowest BCUT2D eigenvalue weighted by atomic mass is 10.0. The van der Waals surface area contributed by atoms with E-state index in [0.29, 0.717) is 16.8 Å². The molecule has 120 valence electrons. The van der Waals surface area contributed by atoms with Crippen molar-refractivity contribution in [2.24, 2.45) is 0 Å². The molecule has 0 saturated carbocycles. The fourth-order valence-corrected chi connectivity index (χ4v) is 3.09. The van der Waals surface area contributed by atoms with Crippen molar-refractivity contribution in [3.63, 3.8) is 0 Å². The highest BCUT2D eigenvalue weighted by atomic mass is 79.9.